The first-order valence-corrected chi connectivity index (χ1v) is 21.7. The predicted octanol–water partition coefficient (Wildman–Crippen LogP) is 15.0. The van der Waals surface area contributed by atoms with E-state index in [0.29, 0.717) is 12.8 Å². The molecule has 0 bridgehead atoms. The van der Waals surface area contributed by atoms with Crippen molar-refractivity contribution in [1.29, 1.82) is 0 Å². The Morgan fingerprint density at radius 1 is 0.438 bits per heavy atom. The van der Waals surface area contributed by atoms with Gasteiger partial charge in [-0.1, -0.05) is 193 Å². The standard InChI is InChI=1S/C44H84O4/c1-3-5-7-8-9-10-11-12-13-14-15-16-17-22-25-28-31-34-37-41-44(47)48-42(38-6-4-2)39-35-32-29-26-23-20-18-19-21-24-27-30-33-36-40-43(45)46/h12-13,42H,3-11,14-41H2,1-2H3,(H,45,46)/b13-12-. The summed E-state index contributed by atoms with van der Waals surface area (Å²) in [4.78, 5) is 23.1. The smallest absolute Gasteiger partial charge is 0.306 e. The zero-order valence-corrected chi connectivity index (χ0v) is 32.6. The van der Waals surface area contributed by atoms with Gasteiger partial charge in [-0.05, 0) is 57.8 Å². The van der Waals surface area contributed by atoms with E-state index in [1.165, 1.54) is 173 Å². The highest BCUT2D eigenvalue weighted by Gasteiger charge is 2.14. The number of aliphatic carboxylic acids is 1. The van der Waals surface area contributed by atoms with Gasteiger partial charge < -0.3 is 9.84 Å². The summed E-state index contributed by atoms with van der Waals surface area (Å²) in [5.74, 6) is -0.627. The van der Waals surface area contributed by atoms with Gasteiger partial charge in [-0.3, -0.25) is 9.59 Å². The number of carbonyl (C=O) groups is 2. The lowest BCUT2D eigenvalue weighted by Crippen LogP contribution is -2.18. The summed E-state index contributed by atoms with van der Waals surface area (Å²) in [5, 5.41) is 8.67. The summed E-state index contributed by atoms with van der Waals surface area (Å²) in [6.07, 6.45) is 50.1. The molecule has 1 N–H and O–H groups in total. The topological polar surface area (TPSA) is 63.6 Å². The number of carboxylic acid groups (broad SMARTS) is 1. The second kappa shape index (κ2) is 40.1. The molecule has 0 saturated carbocycles. The van der Waals surface area contributed by atoms with Gasteiger partial charge in [-0.2, -0.15) is 0 Å². The van der Waals surface area contributed by atoms with E-state index in [2.05, 4.69) is 26.0 Å². The first-order chi connectivity index (χ1) is 23.6. The Bertz CT molecular complexity index is 687. The van der Waals surface area contributed by atoms with Crippen molar-refractivity contribution >= 4 is 11.9 Å². The summed E-state index contributed by atoms with van der Waals surface area (Å²) in [6, 6.07) is 0. The molecule has 0 fully saturated rings. The van der Waals surface area contributed by atoms with Crippen LogP contribution in [-0.2, 0) is 14.3 Å². The van der Waals surface area contributed by atoms with Crippen LogP contribution in [-0.4, -0.2) is 23.1 Å². The Labute approximate surface area is 300 Å². The number of ether oxygens (including phenoxy) is 1. The van der Waals surface area contributed by atoms with Gasteiger partial charge in [0, 0.05) is 12.8 Å². The molecule has 1 atom stereocenters. The maximum atomic E-state index is 12.5. The van der Waals surface area contributed by atoms with Crippen LogP contribution >= 0.6 is 0 Å². The van der Waals surface area contributed by atoms with E-state index in [1.807, 2.05) is 0 Å². The molecular weight excluding hydrogens is 592 g/mol. The lowest BCUT2D eigenvalue weighted by Gasteiger charge is -2.18. The monoisotopic (exact) mass is 677 g/mol. The molecule has 1 unspecified atom stereocenters. The van der Waals surface area contributed by atoms with Crippen molar-refractivity contribution in [3.63, 3.8) is 0 Å². The van der Waals surface area contributed by atoms with E-state index in [-0.39, 0.29) is 12.1 Å². The summed E-state index contributed by atoms with van der Waals surface area (Å²) >= 11 is 0. The number of unbranched alkanes of at least 4 members (excludes halogenated alkanes) is 29. The van der Waals surface area contributed by atoms with Crippen molar-refractivity contribution in [2.24, 2.45) is 0 Å². The third kappa shape index (κ3) is 39.1. The Balaban J connectivity index is 3.58. The van der Waals surface area contributed by atoms with Crippen LogP contribution < -0.4 is 0 Å². The molecule has 0 aromatic heterocycles. The largest absolute Gasteiger partial charge is 0.481 e. The van der Waals surface area contributed by atoms with Gasteiger partial charge in [0.05, 0.1) is 0 Å². The Morgan fingerprint density at radius 2 is 0.771 bits per heavy atom. The van der Waals surface area contributed by atoms with Gasteiger partial charge >= 0.3 is 11.9 Å². The normalized spacial score (nSPS) is 12.2. The van der Waals surface area contributed by atoms with Crippen molar-refractivity contribution < 1.29 is 19.4 Å². The van der Waals surface area contributed by atoms with Gasteiger partial charge in [-0.25, -0.2) is 0 Å². The highest BCUT2D eigenvalue weighted by atomic mass is 16.5. The fourth-order valence-corrected chi connectivity index (χ4v) is 6.76. The van der Waals surface area contributed by atoms with Gasteiger partial charge in [0.1, 0.15) is 6.10 Å². The van der Waals surface area contributed by atoms with Gasteiger partial charge in [0.2, 0.25) is 0 Å². The second-order valence-corrected chi connectivity index (χ2v) is 14.9. The molecule has 0 aromatic rings. The summed E-state index contributed by atoms with van der Waals surface area (Å²) in [7, 11) is 0. The molecule has 4 nitrogen and oxygen atoms in total. The summed E-state index contributed by atoms with van der Waals surface area (Å²) in [5.41, 5.74) is 0. The predicted molar refractivity (Wildman–Crippen MR) is 209 cm³/mol. The minimum Gasteiger partial charge on any atom is -0.481 e. The van der Waals surface area contributed by atoms with E-state index in [9.17, 15) is 9.59 Å². The molecule has 48 heavy (non-hydrogen) atoms. The van der Waals surface area contributed by atoms with Crippen LogP contribution in [0.25, 0.3) is 0 Å². The molecule has 0 aliphatic carbocycles. The van der Waals surface area contributed by atoms with E-state index >= 15 is 0 Å². The van der Waals surface area contributed by atoms with Crippen LogP contribution in [0.5, 0.6) is 0 Å². The number of carbonyl (C=O) groups excluding carboxylic acids is 1. The molecule has 0 saturated heterocycles. The lowest BCUT2D eigenvalue weighted by molar-refractivity contribution is -0.150. The van der Waals surface area contributed by atoms with E-state index in [0.717, 1.165) is 51.4 Å². The highest BCUT2D eigenvalue weighted by molar-refractivity contribution is 5.69. The quantitative estimate of drug-likeness (QED) is 0.0398. The van der Waals surface area contributed by atoms with Crippen molar-refractivity contribution in [2.75, 3.05) is 0 Å². The van der Waals surface area contributed by atoms with Crippen LogP contribution in [0, 0.1) is 0 Å². The van der Waals surface area contributed by atoms with Crippen molar-refractivity contribution in [2.45, 2.75) is 258 Å². The molecule has 0 rings (SSSR count). The van der Waals surface area contributed by atoms with Crippen LogP contribution in [0.1, 0.15) is 251 Å². The van der Waals surface area contributed by atoms with E-state index in [1.54, 1.807) is 0 Å². The molecule has 0 aliphatic heterocycles. The molecular formula is C44H84O4. The van der Waals surface area contributed by atoms with Crippen molar-refractivity contribution in [3.05, 3.63) is 12.2 Å². The van der Waals surface area contributed by atoms with Crippen LogP contribution in [0.15, 0.2) is 12.2 Å². The number of hydrogen-bond donors (Lipinski definition) is 1. The zero-order valence-electron chi connectivity index (χ0n) is 32.6. The van der Waals surface area contributed by atoms with Gasteiger partial charge in [0.25, 0.3) is 0 Å². The van der Waals surface area contributed by atoms with Crippen LogP contribution in [0.4, 0.5) is 0 Å². The first-order valence-electron chi connectivity index (χ1n) is 21.7. The maximum absolute atomic E-state index is 12.5. The fraction of sp³-hybridized carbons (Fsp3) is 0.909. The number of hydrogen-bond acceptors (Lipinski definition) is 3. The number of esters is 1. The number of rotatable bonds is 40. The number of carboxylic acids is 1. The summed E-state index contributed by atoms with van der Waals surface area (Å²) in [6.45, 7) is 4.51. The molecule has 284 valence electrons. The van der Waals surface area contributed by atoms with Crippen LogP contribution in [0.2, 0.25) is 0 Å². The van der Waals surface area contributed by atoms with Gasteiger partial charge in [0.15, 0.2) is 0 Å². The van der Waals surface area contributed by atoms with Crippen molar-refractivity contribution in [3.8, 4) is 0 Å². The molecule has 0 spiro atoms. The third-order valence-corrected chi connectivity index (χ3v) is 9.99. The van der Waals surface area contributed by atoms with Gasteiger partial charge in [-0.15, -0.1) is 0 Å². The lowest BCUT2D eigenvalue weighted by atomic mass is 10.0. The molecule has 0 heterocycles. The zero-order chi connectivity index (χ0) is 35.0. The number of allylic oxidation sites excluding steroid dienone is 2. The SMILES string of the molecule is CCCCCCCC/C=C\CCCCCCCCCCCC(=O)OC(CCCC)CCCCCCCCCCCCCCCCC(=O)O. The maximum Gasteiger partial charge on any atom is 0.306 e. The minimum absolute atomic E-state index is 0.0373. The molecule has 0 radical (unpaired) electrons. The third-order valence-electron chi connectivity index (χ3n) is 9.99. The minimum atomic E-state index is -0.665. The molecule has 0 aromatic carbocycles. The Hall–Kier alpha value is -1.32. The molecule has 0 amide bonds. The van der Waals surface area contributed by atoms with Crippen LogP contribution in [0.3, 0.4) is 0 Å². The fourth-order valence-electron chi connectivity index (χ4n) is 6.76. The second-order valence-electron chi connectivity index (χ2n) is 14.9. The molecule has 0 aliphatic rings. The first kappa shape index (κ1) is 46.7. The average Bonchev–Trinajstić information content (AvgIpc) is 3.07. The van der Waals surface area contributed by atoms with E-state index in [4.69, 9.17) is 9.84 Å². The Kier molecular flexibility index (Phi) is 39.0. The highest BCUT2D eigenvalue weighted by Crippen LogP contribution is 2.18. The average molecular weight is 677 g/mol. The van der Waals surface area contributed by atoms with E-state index < -0.39 is 5.97 Å². The van der Waals surface area contributed by atoms with Crippen molar-refractivity contribution in [1.82, 2.24) is 0 Å². The Morgan fingerprint density at radius 3 is 1.19 bits per heavy atom. The molecule has 4 heteroatoms. The summed E-state index contributed by atoms with van der Waals surface area (Å²) < 4.78 is 5.95.